The Kier molecular flexibility index (Phi) is 3.10. The predicted octanol–water partition coefficient (Wildman–Crippen LogP) is 2.54. The molecular formula is C11H11ClN4. The molecule has 2 aromatic rings. The minimum atomic E-state index is -0.0919. The third kappa shape index (κ3) is 2.17. The molecule has 2 heterocycles. The first-order chi connectivity index (χ1) is 7.68. The Morgan fingerprint density at radius 2 is 1.81 bits per heavy atom. The maximum absolute atomic E-state index is 6.00. The first-order valence-electron chi connectivity index (χ1n) is 4.93. The van der Waals surface area contributed by atoms with Crippen LogP contribution < -0.4 is 0 Å². The summed E-state index contributed by atoms with van der Waals surface area (Å²) in [6.45, 7) is 3.80. The summed E-state index contributed by atoms with van der Waals surface area (Å²) in [5.41, 5.74) is 1.79. The van der Waals surface area contributed by atoms with E-state index in [4.69, 9.17) is 11.6 Å². The van der Waals surface area contributed by atoms with E-state index in [1.807, 2.05) is 13.8 Å². The van der Waals surface area contributed by atoms with Gasteiger partial charge in [0.25, 0.3) is 0 Å². The molecule has 1 atom stereocenters. The highest BCUT2D eigenvalue weighted by atomic mass is 35.5. The number of halogens is 1. The van der Waals surface area contributed by atoms with Gasteiger partial charge in [-0.25, -0.2) is 19.9 Å². The molecule has 0 aromatic carbocycles. The third-order valence-electron chi connectivity index (χ3n) is 2.21. The zero-order valence-corrected chi connectivity index (χ0v) is 9.81. The average Bonchev–Trinajstić information content (AvgIpc) is 2.29. The van der Waals surface area contributed by atoms with Crippen LogP contribution in [0.2, 0.25) is 0 Å². The summed E-state index contributed by atoms with van der Waals surface area (Å²) in [6.07, 6.45) is 5.06. The van der Waals surface area contributed by atoms with Gasteiger partial charge in [-0.1, -0.05) is 0 Å². The number of rotatable bonds is 2. The van der Waals surface area contributed by atoms with Gasteiger partial charge in [0.05, 0.1) is 5.38 Å². The van der Waals surface area contributed by atoms with E-state index in [0.29, 0.717) is 11.6 Å². The highest BCUT2D eigenvalue weighted by molar-refractivity contribution is 6.20. The van der Waals surface area contributed by atoms with E-state index in [0.717, 1.165) is 11.3 Å². The van der Waals surface area contributed by atoms with Crippen LogP contribution in [0.25, 0.3) is 11.6 Å². The quantitative estimate of drug-likeness (QED) is 0.750. The van der Waals surface area contributed by atoms with Gasteiger partial charge in [0.2, 0.25) is 0 Å². The number of alkyl halides is 1. The minimum absolute atomic E-state index is 0.0919. The number of hydrogen-bond donors (Lipinski definition) is 0. The normalized spacial score (nSPS) is 12.4. The van der Waals surface area contributed by atoms with Gasteiger partial charge in [0, 0.05) is 29.8 Å². The van der Waals surface area contributed by atoms with Crippen molar-refractivity contribution in [3.63, 3.8) is 0 Å². The maximum Gasteiger partial charge on any atom is 0.197 e. The molecule has 2 rings (SSSR count). The van der Waals surface area contributed by atoms with Gasteiger partial charge in [0.1, 0.15) is 0 Å². The lowest BCUT2D eigenvalue weighted by atomic mass is 10.2. The molecule has 0 aliphatic heterocycles. The molecule has 0 N–H and O–H groups in total. The molecule has 4 nitrogen and oxygen atoms in total. The number of aryl methyl sites for hydroxylation is 1. The molecule has 0 radical (unpaired) electrons. The van der Waals surface area contributed by atoms with Gasteiger partial charge in [0.15, 0.2) is 11.6 Å². The Morgan fingerprint density at radius 1 is 1.12 bits per heavy atom. The summed E-state index contributed by atoms with van der Waals surface area (Å²) in [7, 11) is 0. The van der Waals surface area contributed by atoms with Crippen LogP contribution in [-0.4, -0.2) is 19.9 Å². The Bertz CT molecular complexity index is 485. The Hall–Kier alpha value is -1.55. The molecule has 2 aromatic heterocycles. The van der Waals surface area contributed by atoms with Crippen LogP contribution >= 0.6 is 11.6 Å². The van der Waals surface area contributed by atoms with Crippen molar-refractivity contribution in [3.8, 4) is 11.6 Å². The average molecular weight is 235 g/mol. The lowest BCUT2D eigenvalue weighted by Gasteiger charge is -2.07. The second kappa shape index (κ2) is 4.53. The molecule has 5 heteroatoms. The molecule has 0 saturated carbocycles. The zero-order chi connectivity index (χ0) is 11.5. The third-order valence-corrected chi connectivity index (χ3v) is 2.45. The van der Waals surface area contributed by atoms with Gasteiger partial charge < -0.3 is 0 Å². The summed E-state index contributed by atoms with van der Waals surface area (Å²) >= 11 is 6.00. The Morgan fingerprint density at radius 3 is 2.38 bits per heavy atom. The van der Waals surface area contributed by atoms with Crippen molar-refractivity contribution in [1.29, 1.82) is 0 Å². The van der Waals surface area contributed by atoms with E-state index in [1.54, 1.807) is 24.7 Å². The van der Waals surface area contributed by atoms with Gasteiger partial charge >= 0.3 is 0 Å². The van der Waals surface area contributed by atoms with Crippen molar-refractivity contribution in [2.45, 2.75) is 19.2 Å². The second-order valence-corrected chi connectivity index (χ2v) is 4.08. The maximum atomic E-state index is 6.00. The SMILES string of the molecule is Cc1nc(-c2ncccn2)ncc1C(C)Cl. The fourth-order valence-corrected chi connectivity index (χ4v) is 1.60. The van der Waals surface area contributed by atoms with Crippen molar-refractivity contribution < 1.29 is 0 Å². The van der Waals surface area contributed by atoms with Crippen LogP contribution in [0.5, 0.6) is 0 Å². The van der Waals surface area contributed by atoms with Crippen LogP contribution in [0.1, 0.15) is 23.6 Å². The summed E-state index contributed by atoms with van der Waals surface area (Å²) in [4.78, 5) is 16.7. The fraction of sp³-hybridized carbons (Fsp3) is 0.273. The van der Waals surface area contributed by atoms with E-state index in [1.165, 1.54) is 0 Å². The van der Waals surface area contributed by atoms with E-state index < -0.39 is 0 Å². The van der Waals surface area contributed by atoms with Gasteiger partial charge in [-0.05, 0) is 19.9 Å². The van der Waals surface area contributed by atoms with E-state index >= 15 is 0 Å². The smallest absolute Gasteiger partial charge is 0.197 e. The minimum Gasteiger partial charge on any atom is -0.234 e. The summed E-state index contributed by atoms with van der Waals surface area (Å²) in [6, 6.07) is 1.76. The summed E-state index contributed by atoms with van der Waals surface area (Å²) < 4.78 is 0. The largest absolute Gasteiger partial charge is 0.234 e. The van der Waals surface area contributed by atoms with Gasteiger partial charge in [-0.3, -0.25) is 0 Å². The standard InChI is InChI=1S/C11H11ClN4/c1-7(12)9-6-15-11(16-8(9)2)10-13-4-3-5-14-10/h3-7H,1-2H3. The molecule has 0 aliphatic carbocycles. The first kappa shape index (κ1) is 11.0. The zero-order valence-electron chi connectivity index (χ0n) is 9.05. The van der Waals surface area contributed by atoms with Crippen molar-refractivity contribution in [3.05, 3.63) is 35.9 Å². The topological polar surface area (TPSA) is 51.6 Å². The first-order valence-corrected chi connectivity index (χ1v) is 5.37. The van der Waals surface area contributed by atoms with Crippen molar-refractivity contribution in [2.24, 2.45) is 0 Å². The lowest BCUT2D eigenvalue weighted by Crippen LogP contribution is -2.00. The monoisotopic (exact) mass is 234 g/mol. The molecule has 0 aliphatic rings. The van der Waals surface area contributed by atoms with Crippen molar-refractivity contribution in [2.75, 3.05) is 0 Å². The van der Waals surface area contributed by atoms with E-state index in [-0.39, 0.29) is 5.38 Å². The second-order valence-electron chi connectivity index (χ2n) is 3.42. The number of aromatic nitrogens is 4. The van der Waals surface area contributed by atoms with Gasteiger partial charge in [-0.15, -0.1) is 11.6 Å². The summed E-state index contributed by atoms with van der Waals surface area (Å²) in [5.74, 6) is 1.05. The van der Waals surface area contributed by atoms with Crippen LogP contribution in [0, 0.1) is 6.92 Å². The molecular weight excluding hydrogens is 224 g/mol. The van der Waals surface area contributed by atoms with E-state index in [2.05, 4.69) is 19.9 Å². The molecule has 0 saturated heterocycles. The van der Waals surface area contributed by atoms with Crippen molar-refractivity contribution in [1.82, 2.24) is 19.9 Å². The highest BCUT2D eigenvalue weighted by Gasteiger charge is 2.10. The number of hydrogen-bond acceptors (Lipinski definition) is 4. The predicted molar refractivity (Wildman–Crippen MR) is 62.1 cm³/mol. The molecule has 0 bridgehead atoms. The molecule has 0 amide bonds. The Labute approximate surface area is 98.8 Å². The molecule has 16 heavy (non-hydrogen) atoms. The molecule has 82 valence electrons. The van der Waals surface area contributed by atoms with Crippen LogP contribution in [0.4, 0.5) is 0 Å². The van der Waals surface area contributed by atoms with Crippen molar-refractivity contribution >= 4 is 11.6 Å². The fourth-order valence-electron chi connectivity index (χ4n) is 1.39. The molecule has 1 unspecified atom stereocenters. The molecule has 0 spiro atoms. The lowest BCUT2D eigenvalue weighted by molar-refractivity contribution is 0.961. The summed E-state index contributed by atoms with van der Waals surface area (Å²) in [5, 5.41) is -0.0919. The van der Waals surface area contributed by atoms with Crippen LogP contribution in [-0.2, 0) is 0 Å². The highest BCUT2D eigenvalue weighted by Crippen LogP contribution is 2.22. The molecule has 0 fully saturated rings. The number of nitrogens with zero attached hydrogens (tertiary/aromatic N) is 4. The van der Waals surface area contributed by atoms with E-state index in [9.17, 15) is 0 Å². The van der Waals surface area contributed by atoms with Crippen LogP contribution in [0.3, 0.4) is 0 Å². The van der Waals surface area contributed by atoms with Gasteiger partial charge in [-0.2, -0.15) is 0 Å². The van der Waals surface area contributed by atoms with Crippen LogP contribution in [0.15, 0.2) is 24.7 Å². The Balaban J connectivity index is 2.43.